The van der Waals surface area contributed by atoms with Gasteiger partial charge in [-0.2, -0.15) is 5.26 Å². The van der Waals surface area contributed by atoms with Crippen molar-refractivity contribution in [3.63, 3.8) is 0 Å². The van der Waals surface area contributed by atoms with Crippen LogP contribution in [0.4, 0.5) is 0 Å². The Balaban J connectivity index is 3.53. The summed E-state index contributed by atoms with van der Waals surface area (Å²) in [4.78, 5) is 9.74. The van der Waals surface area contributed by atoms with Crippen LogP contribution in [0.15, 0.2) is 12.2 Å². The van der Waals surface area contributed by atoms with Crippen LogP contribution in [0.2, 0.25) is 0 Å². The van der Waals surface area contributed by atoms with E-state index in [-0.39, 0.29) is 0 Å². The first-order valence-corrected chi connectivity index (χ1v) is 1.63. The van der Waals surface area contributed by atoms with E-state index in [1.807, 2.05) is 0 Å². The van der Waals surface area contributed by atoms with Crippen LogP contribution in [0.3, 0.4) is 0 Å². The highest BCUT2D eigenvalue weighted by Crippen LogP contribution is 1.62. The standard InChI is InChI=1S/C4H4N2O/c5-3-1-2-4(6)7/h1-2H,(H2,6,7). The Morgan fingerprint density at radius 3 is 2.57 bits per heavy atom. The highest BCUT2D eigenvalue weighted by Gasteiger charge is 1.75. The molecule has 3 heteroatoms. The zero-order chi connectivity index (χ0) is 5.70. The highest BCUT2D eigenvalue weighted by molar-refractivity contribution is 5.86. The van der Waals surface area contributed by atoms with Gasteiger partial charge in [-0.25, -0.2) is 0 Å². The number of nitriles is 1. The summed E-state index contributed by atoms with van der Waals surface area (Å²) in [7, 11) is 0. The van der Waals surface area contributed by atoms with E-state index in [1.165, 1.54) is 0 Å². The first-order valence-electron chi connectivity index (χ1n) is 1.63. The minimum atomic E-state index is -0.596. The van der Waals surface area contributed by atoms with Crippen LogP contribution in [-0.2, 0) is 4.79 Å². The van der Waals surface area contributed by atoms with Gasteiger partial charge in [0.1, 0.15) is 0 Å². The first kappa shape index (κ1) is 5.70. The average Bonchev–Trinajstić information content (AvgIpc) is 1.61. The molecule has 0 aliphatic carbocycles. The molecule has 3 nitrogen and oxygen atoms in total. The molecule has 1 amide bonds. The quantitative estimate of drug-likeness (QED) is 0.355. The van der Waals surface area contributed by atoms with Gasteiger partial charge < -0.3 is 5.73 Å². The fourth-order valence-electron chi connectivity index (χ4n) is 0.119. The molecule has 0 saturated carbocycles. The maximum atomic E-state index is 9.74. The molecule has 0 radical (unpaired) electrons. The summed E-state index contributed by atoms with van der Waals surface area (Å²) in [5, 5.41) is 7.77. The third-order valence-electron chi connectivity index (χ3n) is 0.322. The summed E-state index contributed by atoms with van der Waals surface area (Å²) in [5.41, 5.74) is 4.60. The number of hydrogen-bond donors (Lipinski definition) is 1. The van der Waals surface area contributed by atoms with E-state index in [0.717, 1.165) is 12.2 Å². The molecular formula is C4H4N2O. The van der Waals surface area contributed by atoms with Gasteiger partial charge in [0, 0.05) is 12.2 Å². The second kappa shape index (κ2) is 2.91. The zero-order valence-electron chi connectivity index (χ0n) is 3.59. The Morgan fingerprint density at radius 2 is 2.43 bits per heavy atom. The predicted octanol–water partition coefficient (Wildman–Crippen LogP) is -0.449. The fraction of sp³-hybridized carbons (Fsp3) is 0. The molecule has 0 spiro atoms. The normalized spacial score (nSPS) is 8.43. The van der Waals surface area contributed by atoms with Crippen LogP contribution >= 0.6 is 0 Å². The lowest BCUT2D eigenvalue weighted by Crippen LogP contribution is -2.04. The number of amides is 1. The van der Waals surface area contributed by atoms with E-state index < -0.39 is 5.91 Å². The molecule has 0 atom stereocenters. The Bertz CT molecular complexity index is 131. The predicted molar refractivity (Wildman–Crippen MR) is 23.9 cm³/mol. The minimum absolute atomic E-state index is 0.596. The third kappa shape index (κ3) is 4.70. The minimum Gasteiger partial charge on any atom is -0.366 e. The number of carbonyl (C=O) groups is 1. The molecule has 0 rings (SSSR count). The molecule has 0 bridgehead atoms. The van der Waals surface area contributed by atoms with Crippen LogP contribution in [0.25, 0.3) is 0 Å². The van der Waals surface area contributed by atoms with E-state index in [9.17, 15) is 4.79 Å². The highest BCUT2D eigenvalue weighted by atomic mass is 16.1. The molecule has 0 aromatic carbocycles. The van der Waals surface area contributed by atoms with Crippen LogP contribution in [0, 0.1) is 11.3 Å². The SMILES string of the molecule is N#CC=CC(N)=O. The molecule has 0 saturated heterocycles. The molecule has 0 aliphatic rings. The second-order valence-electron chi connectivity index (χ2n) is 0.865. The molecule has 0 aliphatic heterocycles. The summed E-state index contributed by atoms with van der Waals surface area (Å²) < 4.78 is 0. The Hall–Kier alpha value is -1.30. The summed E-state index contributed by atoms with van der Waals surface area (Å²) in [6, 6.07) is 1.62. The van der Waals surface area contributed by atoms with Crippen molar-refractivity contribution in [3.8, 4) is 6.07 Å². The molecular weight excluding hydrogens is 92.1 g/mol. The van der Waals surface area contributed by atoms with E-state index >= 15 is 0 Å². The van der Waals surface area contributed by atoms with Crippen molar-refractivity contribution in [2.24, 2.45) is 5.73 Å². The number of primary amides is 1. The van der Waals surface area contributed by atoms with Gasteiger partial charge in [0.25, 0.3) is 0 Å². The number of nitrogens with two attached hydrogens (primary N) is 1. The van der Waals surface area contributed by atoms with Gasteiger partial charge in [0.2, 0.25) is 5.91 Å². The average molecular weight is 96.1 g/mol. The molecule has 0 heterocycles. The van der Waals surface area contributed by atoms with Gasteiger partial charge in [0.15, 0.2) is 0 Å². The van der Waals surface area contributed by atoms with E-state index in [2.05, 4.69) is 5.73 Å². The molecule has 0 fully saturated rings. The van der Waals surface area contributed by atoms with E-state index in [4.69, 9.17) is 5.26 Å². The molecule has 0 aromatic heterocycles. The number of hydrogen-bond acceptors (Lipinski definition) is 2. The fourth-order valence-corrected chi connectivity index (χ4v) is 0.119. The topological polar surface area (TPSA) is 66.9 Å². The van der Waals surface area contributed by atoms with Gasteiger partial charge in [-0.1, -0.05) is 0 Å². The van der Waals surface area contributed by atoms with Crippen molar-refractivity contribution in [3.05, 3.63) is 12.2 Å². The number of rotatable bonds is 1. The lowest BCUT2D eigenvalue weighted by molar-refractivity contribution is -0.113. The van der Waals surface area contributed by atoms with Gasteiger partial charge >= 0.3 is 0 Å². The summed E-state index contributed by atoms with van der Waals surface area (Å²) in [6.45, 7) is 0. The van der Waals surface area contributed by atoms with Crippen LogP contribution in [0.5, 0.6) is 0 Å². The maximum absolute atomic E-state index is 9.74. The Kier molecular flexibility index (Phi) is 2.37. The van der Waals surface area contributed by atoms with Crippen molar-refractivity contribution in [1.29, 1.82) is 5.26 Å². The number of allylic oxidation sites excluding steroid dienone is 1. The smallest absolute Gasteiger partial charge is 0.242 e. The summed E-state index contributed by atoms with van der Waals surface area (Å²) >= 11 is 0. The van der Waals surface area contributed by atoms with Crippen LogP contribution < -0.4 is 5.73 Å². The van der Waals surface area contributed by atoms with E-state index in [1.54, 1.807) is 6.07 Å². The lowest BCUT2D eigenvalue weighted by atomic mass is 10.5. The zero-order valence-corrected chi connectivity index (χ0v) is 3.59. The molecule has 0 unspecified atom stereocenters. The second-order valence-corrected chi connectivity index (χ2v) is 0.865. The van der Waals surface area contributed by atoms with E-state index in [0.29, 0.717) is 0 Å². The molecule has 36 valence electrons. The monoisotopic (exact) mass is 96.0 g/mol. The molecule has 2 N–H and O–H groups in total. The summed E-state index contributed by atoms with van der Waals surface area (Å²) in [5.74, 6) is -0.596. The van der Waals surface area contributed by atoms with Gasteiger partial charge in [-0.15, -0.1) is 0 Å². The van der Waals surface area contributed by atoms with Gasteiger partial charge in [0.05, 0.1) is 6.07 Å². The molecule has 7 heavy (non-hydrogen) atoms. The summed E-state index contributed by atoms with van der Waals surface area (Å²) in [6.07, 6.45) is 2.03. The van der Waals surface area contributed by atoms with Gasteiger partial charge in [-0.05, 0) is 0 Å². The van der Waals surface area contributed by atoms with Crippen molar-refractivity contribution in [2.75, 3.05) is 0 Å². The van der Waals surface area contributed by atoms with Crippen LogP contribution in [-0.4, -0.2) is 5.91 Å². The Morgan fingerprint density at radius 1 is 1.86 bits per heavy atom. The van der Waals surface area contributed by atoms with Crippen molar-refractivity contribution < 1.29 is 4.79 Å². The number of nitrogens with zero attached hydrogens (tertiary/aromatic N) is 1. The first-order chi connectivity index (χ1) is 3.27. The van der Waals surface area contributed by atoms with Crippen LogP contribution in [0.1, 0.15) is 0 Å². The molecule has 0 aromatic rings. The lowest BCUT2D eigenvalue weighted by Gasteiger charge is -1.68. The third-order valence-corrected chi connectivity index (χ3v) is 0.322. The number of carbonyl (C=O) groups excluding carboxylic acids is 1. The Labute approximate surface area is 41.0 Å². The van der Waals surface area contributed by atoms with Gasteiger partial charge in [-0.3, -0.25) is 4.79 Å². The van der Waals surface area contributed by atoms with Crippen molar-refractivity contribution in [2.45, 2.75) is 0 Å². The largest absolute Gasteiger partial charge is 0.366 e. The maximum Gasteiger partial charge on any atom is 0.242 e. The van der Waals surface area contributed by atoms with Crippen molar-refractivity contribution >= 4 is 5.91 Å². The van der Waals surface area contributed by atoms with Crippen molar-refractivity contribution in [1.82, 2.24) is 0 Å².